The highest BCUT2D eigenvalue weighted by molar-refractivity contribution is 5.96. The van der Waals surface area contributed by atoms with E-state index in [1.807, 2.05) is 6.07 Å². The van der Waals surface area contributed by atoms with Gasteiger partial charge in [-0.15, -0.1) is 0 Å². The molecule has 4 heteroatoms. The Hall–Kier alpha value is -1.71. The molecule has 0 saturated heterocycles. The fourth-order valence-electron chi connectivity index (χ4n) is 2.73. The maximum atomic E-state index is 11.8. The van der Waals surface area contributed by atoms with Crippen LogP contribution in [0, 0.1) is 0 Å². The zero-order chi connectivity index (χ0) is 13.9. The second kappa shape index (κ2) is 5.51. The first-order valence-electron chi connectivity index (χ1n) is 6.80. The summed E-state index contributed by atoms with van der Waals surface area (Å²) in [5.74, 6) is -0.353. The standard InChI is InChI=1S/C15H22N2O2/c1-15(8-4-3-5-9-15)17-13-7-6-11(16)10-12(13)14(18)19-2/h6-7,10,17H,3-5,8-9,16H2,1-2H3. The molecule has 1 aliphatic carbocycles. The average Bonchev–Trinajstić information content (AvgIpc) is 2.40. The van der Waals surface area contributed by atoms with Crippen molar-refractivity contribution < 1.29 is 9.53 Å². The van der Waals surface area contributed by atoms with Crippen molar-refractivity contribution in [2.75, 3.05) is 18.2 Å². The van der Waals surface area contributed by atoms with E-state index in [1.54, 1.807) is 12.1 Å². The molecule has 1 aromatic rings. The molecule has 1 saturated carbocycles. The van der Waals surface area contributed by atoms with E-state index >= 15 is 0 Å². The molecule has 1 aliphatic rings. The molecule has 3 N–H and O–H groups in total. The summed E-state index contributed by atoms with van der Waals surface area (Å²) < 4.78 is 4.82. The third-order valence-electron chi connectivity index (χ3n) is 3.84. The molecule has 2 rings (SSSR count). The zero-order valence-corrected chi connectivity index (χ0v) is 11.7. The van der Waals surface area contributed by atoms with Crippen LogP contribution in [0.15, 0.2) is 18.2 Å². The fourth-order valence-corrected chi connectivity index (χ4v) is 2.73. The number of methoxy groups -OCH3 is 1. The van der Waals surface area contributed by atoms with Gasteiger partial charge >= 0.3 is 5.97 Å². The van der Waals surface area contributed by atoms with Gasteiger partial charge in [0.05, 0.1) is 12.7 Å². The van der Waals surface area contributed by atoms with E-state index in [0.717, 1.165) is 18.5 Å². The van der Waals surface area contributed by atoms with Gasteiger partial charge in [-0.25, -0.2) is 4.79 Å². The maximum Gasteiger partial charge on any atom is 0.340 e. The number of carbonyl (C=O) groups is 1. The van der Waals surface area contributed by atoms with Gasteiger partial charge in [-0.2, -0.15) is 0 Å². The second-order valence-corrected chi connectivity index (χ2v) is 5.54. The molecule has 0 unspecified atom stereocenters. The fraction of sp³-hybridized carbons (Fsp3) is 0.533. The molecule has 0 atom stereocenters. The summed E-state index contributed by atoms with van der Waals surface area (Å²) in [6.45, 7) is 2.21. The SMILES string of the molecule is COC(=O)c1cc(N)ccc1NC1(C)CCCCC1. The molecule has 0 spiro atoms. The van der Waals surface area contributed by atoms with Crippen molar-refractivity contribution >= 4 is 17.3 Å². The summed E-state index contributed by atoms with van der Waals surface area (Å²) in [6, 6.07) is 5.34. The van der Waals surface area contributed by atoms with Crippen molar-refractivity contribution in [2.45, 2.75) is 44.6 Å². The van der Waals surface area contributed by atoms with Crippen molar-refractivity contribution in [3.05, 3.63) is 23.8 Å². The van der Waals surface area contributed by atoms with Crippen molar-refractivity contribution in [2.24, 2.45) is 0 Å². The minimum Gasteiger partial charge on any atom is -0.465 e. The highest BCUT2D eigenvalue weighted by atomic mass is 16.5. The quantitative estimate of drug-likeness (QED) is 0.648. The van der Waals surface area contributed by atoms with Gasteiger partial charge in [0.15, 0.2) is 0 Å². The molecular weight excluding hydrogens is 240 g/mol. The van der Waals surface area contributed by atoms with Gasteiger partial charge in [-0.3, -0.25) is 0 Å². The zero-order valence-electron chi connectivity index (χ0n) is 11.7. The summed E-state index contributed by atoms with van der Waals surface area (Å²) in [7, 11) is 1.39. The Bertz CT molecular complexity index is 465. The molecule has 0 aliphatic heterocycles. The van der Waals surface area contributed by atoms with E-state index < -0.39 is 0 Å². The first kappa shape index (κ1) is 13.7. The van der Waals surface area contributed by atoms with Crippen LogP contribution < -0.4 is 11.1 Å². The summed E-state index contributed by atoms with van der Waals surface area (Å²) in [5, 5.41) is 3.51. The minimum atomic E-state index is -0.353. The molecule has 0 amide bonds. The molecule has 0 bridgehead atoms. The minimum absolute atomic E-state index is 0.0527. The molecule has 1 fully saturated rings. The average molecular weight is 262 g/mol. The van der Waals surface area contributed by atoms with E-state index in [4.69, 9.17) is 10.5 Å². The lowest BCUT2D eigenvalue weighted by molar-refractivity contribution is 0.0601. The first-order valence-corrected chi connectivity index (χ1v) is 6.80. The molecule has 0 aromatic heterocycles. The van der Waals surface area contributed by atoms with Crippen LogP contribution in [0.4, 0.5) is 11.4 Å². The Morgan fingerprint density at radius 2 is 2.00 bits per heavy atom. The smallest absolute Gasteiger partial charge is 0.340 e. The van der Waals surface area contributed by atoms with E-state index in [2.05, 4.69) is 12.2 Å². The second-order valence-electron chi connectivity index (χ2n) is 5.54. The Morgan fingerprint density at radius 1 is 1.32 bits per heavy atom. The third-order valence-corrected chi connectivity index (χ3v) is 3.84. The van der Waals surface area contributed by atoms with Gasteiger partial charge in [0.25, 0.3) is 0 Å². The number of ether oxygens (including phenoxy) is 1. The predicted octanol–water partition coefficient (Wildman–Crippen LogP) is 3.19. The maximum absolute atomic E-state index is 11.8. The Balaban J connectivity index is 2.26. The first-order chi connectivity index (χ1) is 9.04. The van der Waals surface area contributed by atoms with E-state index in [1.165, 1.54) is 26.4 Å². The van der Waals surface area contributed by atoms with Crippen LogP contribution in [0.5, 0.6) is 0 Å². The summed E-state index contributed by atoms with van der Waals surface area (Å²) >= 11 is 0. The number of hydrogen-bond donors (Lipinski definition) is 2. The van der Waals surface area contributed by atoms with Gasteiger partial charge in [-0.1, -0.05) is 19.3 Å². The van der Waals surface area contributed by atoms with Gasteiger partial charge in [0.1, 0.15) is 0 Å². The molecule has 104 valence electrons. The number of carbonyl (C=O) groups excluding carboxylic acids is 1. The van der Waals surface area contributed by atoms with Gasteiger partial charge in [-0.05, 0) is 38.0 Å². The monoisotopic (exact) mass is 262 g/mol. The molecule has 19 heavy (non-hydrogen) atoms. The normalized spacial score (nSPS) is 17.8. The number of esters is 1. The van der Waals surface area contributed by atoms with E-state index in [-0.39, 0.29) is 11.5 Å². The number of anilines is 2. The number of nitrogens with one attached hydrogen (secondary N) is 1. The molecule has 4 nitrogen and oxygen atoms in total. The third kappa shape index (κ3) is 3.19. The number of hydrogen-bond acceptors (Lipinski definition) is 4. The number of rotatable bonds is 3. The molecule has 0 radical (unpaired) electrons. The Kier molecular flexibility index (Phi) is 3.98. The lowest BCUT2D eigenvalue weighted by Gasteiger charge is -2.36. The number of nitrogen functional groups attached to an aromatic ring is 1. The Morgan fingerprint density at radius 3 is 2.63 bits per heavy atom. The van der Waals surface area contributed by atoms with Crippen LogP contribution in [-0.4, -0.2) is 18.6 Å². The summed E-state index contributed by atoms with van der Waals surface area (Å²) in [5.41, 5.74) is 7.69. The van der Waals surface area contributed by atoms with Gasteiger partial charge < -0.3 is 15.8 Å². The van der Waals surface area contributed by atoms with Crippen molar-refractivity contribution in [3.63, 3.8) is 0 Å². The number of benzene rings is 1. The van der Waals surface area contributed by atoms with Crippen LogP contribution in [-0.2, 0) is 4.74 Å². The summed E-state index contributed by atoms with van der Waals surface area (Å²) in [4.78, 5) is 11.8. The largest absolute Gasteiger partial charge is 0.465 e. The molecule has 0 heterocycles. The van der Waals surface area contributed by atoms with E-state index in [0.29, 0.717) is 11.3 Å². The molecule has 1 aromatic carbocycles. The van der Waals surface area contributed by atoms with Gasteiger partial charge in [0.2, 0.25) is 0 Å². The summed E-state index contributed by atoms with van der Waals surface area (Å²) in [6.07, 6.45) is 6.00. The lowest BCUT2D eigenvalue weighted by Crippen LogP contribution is -2.37. The predicted molar refractivity (Wildman–Crippen MR) is 77.3 cm³/mol. The lowest BCUT2D eigenvalue weighted by atomic mass is 9.83. The van der Waals surface area contributed by atoms with Crippen LogP contribution in [0.1, 0.15) is 49.4 Å². The molecular formula is C15H22N2O2. The van der Waals surface area contributed by atoms with Crippen molar-refractivity contribution in [1.82, 2.24) is 0 Å². The van der Waals surface area contributed by atoms with Crippen molar-refractivity contribution in [1.29, 1.82) is 0 Å². The van der Waals surface area contributed by atoms with Crippen LogP contribution in [0.3, 0.4) is 0 Å². The van der Waals surface area contributed by atoms with E-state index in [9.17, 15) is 4.79 Å². The number of nitrogens with two attached hydrogens (primary N) is 1. The van der Waals surface area contributed by atoms with Crippen LogP contribution >= 0.6 is 0 Å². The topological polar surface area (TPSA) is 64.3 Å². The highest BCUT2D eigenvalue weighted by Crippen LogP contribution is 2.33. The van der Waals surface area contributed by atoms with Crippen molar-refractivity contribution in [3.8, 4) is 0 Å². The van der Waals surface area contributed by atoms with Crippen LogP contribution in [0.25, 0.3) is 0 Å². The highest BCUT2D eigenvalue weighted by Gasteiger charge is 2.28. The Labute approximate surface area is 114 Å². The van der Waals surface area contributed by atoms with Gasteiger partial charge in [0, 0.05) is 16.9 Å². The van der Waals surface area contributed by atoms with Crippen LogP contribution in [0.2, 0.25) is 0 Å².